The van der Waals surface area contributed by atoms with E-state index < -0.39 is 29.7 Å². The van der Waals surface area contributed by atoms with E-state index in [1.807, 2.05) is 6.92 Å². The second kappa shape index (κ2) is 12.1. The fraction of sp³-hybridized carbons (Fsp3) is 0.185. The molecule has 0 fully saturated rings. The Kier molecular flexibility index (Phi) is 8.61. The van der Waals surface area contributed by atoms with Crippen LogP contribution < -0.4 is 15.5 Å². The van der Waals surface area contributed by atoms with Gasteiger partial charge in [0, 0.05) is 11.3 Å². The summed E-state index contributed by atoms with van der Waals surface area (Å²) in [5.41, 5.74) is 1.51. The minimum atomic E-state index is -0.725. The van der Waals surface area contributed by atoms with Gasteiger partial charge < -0.3 is 14.8 Å². The number of esters is 2. The van der Waals surface area contributed by atoms with Gasteiger partial charge in [0.1, 0.15) is 15.6 Å². The molecule has 1 aliphatic heterocycles. The van der Waals surface area contributed by atoms with Gasteiger partial charge in [-0.15, -0.1) is 0 Å². The number of methoxy groups -OCH3 is 1. The molecule has 206 valence electrons. The van der Waals surface area contributed by atoms with Gasteiger partial charge >= 0.3 is 11.9 Å². The van der Waals surface area contributed by atoms with Crippen LogP contribution in [0.4, 0.5) is 16.5 Å². The van der Waals surface area contributed by atoms with Gasteiger partial charge in [-0.2, -0.15) is 0 Å². The smallest absolute Gasteiger partial charge is 0.350 e. The van der Waals surface area contributed by atoms with E-state index in [1.54, 1.807) is 6.92 Å². The second-order valence-corrected chi connectivity index (χ2v) is 9.78. The molecular formula is C27H23ClN4O7S. The van der Waals surface area contributed by atoms with Gasteiger partial charge in [-0.25, -0.2) is 19.5 Å². The lowest BCUT2D eigenvalue weighted by Crippen LogP contribution is -2.32. The Labute approximate surface area is 237 Å². The van der Waals surface area contributed by atoms with Crippen LogP contribution in [0.25, 0.3) is 0 Å². The average molecular weight is 583 g/mol. The maximum absolute atomic E-state index is 13.1. The summed E-state index contributed by atoms with van der Waals surface area (Å²) in [6.07, 6.45) is 0.683. The number of imide groups is 1. The molecule has 40 heavy (non-hydrogen) atoms. The predicted octanol–water partition coefficient (Wildman–Crippen LogP) is 4.49. The average Bonchev–Trinajstić information content (AvgIpc) is 3.42. The molecule has 1 aliphatic rings. The van der Waals surface area contributed by atoms with Gasteiger partial charge in [0.25, 0.3) is 17.7 Å². The number of nitrogens with one attached hydrogen (secondary N) is 2. The number of nitrogens with zero attached hydrogens (tertiary/aromatic N) is 2. The molecule has 0 aliphatic carbocycles. The van der Waals surface area contributed by atoms with Crippen LogP contribution in [0.5, 0.6) is 0 Å². The SMILES string of the molecule is CCCOC(=O)c1ccc(N2C(=O)C(Cl)=C(Nc3ccc(C(=O)Nc4nc(C)c(C(=O)OC)s4)cc3)C2=O)cc1. The minimum Gasteiger partial charge on any atom is -0.465 e. The van der Waals surface area contributed by atoms with Crippen molar-refractivity contribution < 1.29 is 33.4 Å². The van der Waals surface area contributed by atoms with E-state index in [4.69, 9.17) is 21.1 Å². The third kappa shape index (κ3) is 5.87. The number of aryl methyl sites for hydroxylation is 1. The van der Waals surface area contributed by atoms with Crippen molar-refractivity contribution in [3.05, 3.63) is 81.0 Å². The monoisotopic (exact) mass is 582 g/mol. The third-order valence-electron chi connectivity index (χ3n) is 5.63. The Morgan fingerprint density at radius 3 is 2.25 bits per heavy atom. The van der Waals surface area contributed by atoms with Crippen LogP contribution in [0.1, 0.15) is 49.4 Å². The van der Waals surface area contributed by atoms with Crippen LogP contribution in [-0.2, 0) is 19.1 Å². The number of halogens is 1. The maximum atomic E-state index is 13.1. The van der Waals surface area contributed by atoms with Crippen LogP contribution in [-0.4, -0.2) is 48.4 Å². The van der Waals surface area contributed by atoms with Crippen molar-refractivity contribution in [1.29, 1.82) is 0 Å². The Morgan fingerprint density at radius 2 is 1.62 bits per heavy atom. The molecule has 0 atom stereocenters. The number of benzene rings is 2. The van der Waals surface area contributed by atoms with E-state index in [-0.39, 0.29) is 44.2 Å². The Bertz CT molecular complexity index is 1530. The van der Waals surface area contributed by atoms with Gasteiger partial charge in [-0.3, -0.25) is 19.7 Å². The summed E-state index contributed by atoms with van der Waals surface area (Å²) in [4.78, 5) is 67.7. The zero-order valence-corrected chi connectivity index (χ0v) is 23.1. The number of anilines is 3. The van der Waals surface area contributed by atoms with E-state index in [0.717, 1.165) is 16.2 Å². The molecule has 2 N–H and O–H groups in total. The van der Waals surface area contributed by atoms with Gasteiger partial charge in [0.05, 0.1) is 30.7 Å². The predicted molar refractivity (Wildman–Crippen MR) is 149 cm³/mol. The summed E-state index contributed by atoms with van der Waals surface area (Å²) in [6, 6.07) is 11.9. The summed E-state index contributed by atoms with van der Waals surface area (Å²) in [5, 5.41) is 5.40. The summed E-state index contributed by atoms with van der Waals surface area (Å²) in [5.74, 6) is -2.91. The molecule has 1 aromatic heterocycles. The largest absolute Gasteiger partial charge is 0.465 e. The lowest BCUT2D eigenvalue weighted by molar-refractivity contribution is -0.120. The fourth-order valence-corrected chi connectivity index (χ4v) is 4.71. The fourth-order valence-electron chi connectivity index (χ4n) is 3.62. The van der Waals surface area contributed by atoms with Gasteiger partial charge in [-0.05, 0) is 61.9 Å². The van der Waals surface area contributed by atoms with Crippen LogP contribution >= 0.6 is 22.9 Å². The van der Waals surface area contributed by atoms with Crippen molar-refractivity contribution >= 4 is 69.1 Å². The molecule has 0 saturated heterocycles. The van der Waals surface area contributed by atoms with Crippen LogP contribution in [0.2, 0.25) is 0 Å². The van der Waals surface area contributed by atoms with Crippen molar-refractivity contribution in [3.8, 4) is 0 Å². The van der Waals surface area contributed by atoms with Crippen molar-refractivity contribution in [3.63, 3.8) is 0 Å². The quantitative estimate of drug-likeness (QED) is 0.275. The molecule has 0 bridgehead atoms. The molecule has 2 aromatic carbocycles. The number of hydrogen-bond acceptors (Lipinski definition) is 10. The molecule has 11 nitrogen and oxygen atoms in total. The number of hydrogen-bond donors (Lipinski definition) is 2. The lowest BCUT2D eigenvalue weighted by atomic mass is 10.2. The highest BCUT2D eigenvalue weighted by molar-refractivity contribution is 7.17. The Morgan fingerprint density at radius 1 is 0.975 bits per heavy atom. The van der Waals surface area contributed by atoms with Gasteiger partial charge in [0.15, 0.2) is 5.13 Å². The third-order valence-corrected chi connectivity index (χ3v) is 7.03. The van der Waals surface area contributed by atoms with Crippen LogP contribution in [0, 0.1) is 6.92 Å². The van der Waals surface area contributed by atoms with Crippen molar-refractivity contribution in [2.24, 2.45) is 0 Å². The Balaban J connectivity index is 1.43. The first kappa shape index (κ1) is 28.5. The summed E-state index contributed by atoms with van der Waals surface area (Å²) >= 11 is 7.20. The Hall–Kier alpha value is -4.55. The second-order valence-electron chi connectivity index (χ2n) is 8.40. The van der Waals surface area contributed by atoms with Crippen molar-refractivity contribution in [1.82, 2.24) is 4.98 Å². The van der Waals surface area contributed by atoms with E-state index >= 15 is 0 Å². The van der Waals surface area contributed by atoms with E-state index in [9.17, 15) is 24.0 Å². The molecule has 0 unspecified atom stereocenters. The summed E-state index contributed by atoms with van der Waals surface area (Å²) in [6.45, 7) is 3.80. The highest BCUT2D eigenvalue weighted by Gasteiger charge is 2.39. The molecule has 2 heterocycles. The number of carbonyl (C=O) groups excluding carboxylic acids is 5. The van der Waals surface area contributed by atoms with Gasteiger partial charge in [0.2, 0.25) is 0 Å². The first-order chi connectivity index (χ1) is 19.1. The molecule has 0 saturated carbocycles. The number of rotatable bonds is 9. The number of ether oxygens (including phenoxy) is 2. The number of amides is 3. The van der Waals surface area contributed by atoms with E-state index in [1.165, 1.54) is 55.6 Å². The molecule has 0 spiro atoms. The molecule has 4 rings (SSSR count). The molecule has 0 radical (unpaired) electrons. The van der Waals surface area contributed by atoms with Gasteiger partial charge in [-0.1, -0.05) is 29.9 Å². The number of aromatic nitrogens is 1. The zero-order valence-electron chi connectivity index (χ0n) is 21.6. The lowest BCUT2D eigenvalue weighted by Gasteiger charge is -2.15. The van der Waals surface area contributed by atoms with Crippen LogP contribution in [0.15, 0.2) is 59.3 Å². The van der Waals surface area contributed by atoms with Crippen molar-refractivity contribution in [2.75, 3.05) is 29.3 Å². The zero-order chi connectivity index (χ0) is 29.0. The topological polar surface area (TPSA) is 144 Å². The summed E-state index contributed by atoms with van der Waals surface area (Å²) in [7, 11) is 1.26. The maximum Gasteiger partial charge on any atom is 0.350 e. The highest BCUT2D eigenvalue weighted by atomic mass is 35.5. The standard InChI is InChI=1S/C27H23ClN4O7S/c1-4-13-39-25(36)16-7-11-18(12-8-16)32-23(34)19(28)20(24(32)35)30-17-9-5-15(6-10-17)22(33)31-27-29-14(2)21(40-27)26(37)38-3/h5-12,30H,4,13H2,1-3H3,(H,29,31,33). The van der Waals surface area contributed by atoms with Crippen LogP contribution in [0.3, 0.4) is 0 Å². The van der Waals surface area contributed by atoms with Crippen molar-refractivity contribution in [2.45, 2.75) is 20.3 Å². The highest BCUT2D eigenvalue weighted by Crippen LogP contribution is 2.30. The number of thiazole rings is 1. The molecule has 13 heteroatoms. The van der Waals surface area contributed by atoms with E-state index in [2.05, 4.69) is 15.6 Å². The number of carbonyl (C=O) groups is 5. The summed E-state index contributed by atoms with van der Waals surface area (Å²) < 4.78 is 9.79. The molecule has 3 amide bonds. The molecular weight excluding hydrogens is 560 g/mol. The molecule has 3 aromatic rings. The first-order valence-electron chi connectivity index (χ1n) is 11.9. The normalized spacial score (nSPS) is 12.9. The minimum absolute atomic E-state index is 0.135. The first-order valence-corrected chi connectivity index (χ1v) is 13.1. The van der Waals surface area contributed by atoms with E-state index in [0.29, 0.717) is 17.8 Å².